The Labute approximate surface area is 82.8 Å². The number of phenolic OH excluding ortho intramolecular Hbond substituents is 1. The number of benzene rings is 1. The molecular formula is C10H13ClO2. The predicted octanol–water partition coefficient (Wildman–Crippen LogP) is 2.72. The predicted molar refractivity (Wildman–Crippen MR) is 53.2 cm³/mol. The molecule has 1 atom stereocenters. The minimum atomic E-state index is -0.557. The van der Waals surface area contributed by atoms with Crippen LogP contribution in [0.4, 0.5) is 0 Å². The summed E-state index contributed by atoms with van der Waals surface area (Å²) in [6, 6.07) is 1.57. The molecule has 0 aromatic heterocycles. The van der Waals surface area contributed by atoms with E-state index < -0.39 is 6.10 Å². The van der Waals surface area contributed by atoms with Crippen molar-refractivity contribution in [1.82, 2.24) is 0 Å². The lowest BCUT2D eigenvalue weighted by atomic mass is 9.98. The minimum absolute atomic E-state index is 0.0704. The van der Waals surface area contributed by atoms with Gasteiger partial charge in [-0.3, -0.25) is 0 Å². The summed E-state index contributed by atoms with van der Waals surface area (Å²) in [7, 11) is 0. The Balaban J connectivity index is 3.44. The number of halogens is 1. The van der Waals surface area contributed by atoms with Crippen molar-refractivity contribution in [2.75, 3.05) is 0 Å². The third-order valence-electron chi connectivity index (χ3n) is 2.15. The Bertz CT molecular complexity index is 332. The molecule has 0 spiro atoms. The monoisotopic (exact) mass is 200 g/mol. The molecule has 0 heterocycles. The maximum Gasteiger partial charge on any atom is 0.134 e. The third kappa shape index (κ3) is 1.79. The number of aliphatic hydroxyl groups excluding tert-OH is 1. The zero-order valence-corrected chi connectivity index (χ0v) is 8.68. The Morgan fingerprint density at radius 2 is 1.92 bits per heavy atom. The van der Waals surface area contributed by atoms with Crippen LogP contribution in [0.3, 0.4) is 0 Å². The molecule has 3 heteroatoms. The highest BCUT2D eigenvalue weighted by Crippen LogP contribution is 2.34. The molecule has 2 N–H and O–H groups in total. The van der Waals surface area contributed by atoms with E-state index in [1.807, 2.05) is 6.92 Å². The van der Waals surface area contributed by atoms with Gasteiger partial charge in [-0.15, -0.1) is 0 Å². The van der Waals surface area contributed by atoms with Crippen LogP contribution in [-0.2, 0) is 0 Å². The maximum absolute atomic E-state index is 9.46. The van der Waals surface area contributed by atoms with Crippen molar-refractivity contribution in [3.8, 4) is 5.75 Å². The van der Waals surface area contributed by atoms with E-state index in [2.05, 4.69) is 0 Å². The molecule has 1 aromatic carbocycles. The number of phenols is 1. The van der Waals surface area contributed by atoms with E-state index in [4.69, 9.17) is 11.6 Å². The summed E-state index contributed by atoms with van der Waals surface area (Å²) in [6.07, 6.45) is -0.557. The molecule has 72 valence electrons. The van der Waals surface area contributed by atoms with Crippen molar-refractivity contribution < 1.29 is 10.2 Å². The van der Waals surface area contributed by atoms with Gasteiger partial charge in [0.25, 0.3) is 0 Å². The number of aliphatic hydroxyl groups is 1. The van der Waals surface area contributed by atoms with E-state index in [0.29, 0.717) is 5.02 Å². The molecule has 0 aliphatic heterocycles. The number of hydrogen-bond acceptors (Lipinski definition) is 2. The van der Waals surface area contributed by atoms with Crippen LogP contribution in [0.2, 0.25) is 5.02 Å². The van der Waals surface area contributed by atoms with Crippen LogP contribution in [-0.4, -0.2) is 10.2 Å². The highest BCUT2D eigenvalue weighted by Gasteiger charge is 2.14. The van der Waals surface area contributed by atoms with Crippen LogP contribution in [0, 0.1) is 13.8 Å². The molecule has 0 aliphatic rings. The lowest BCUT2D eigenvalue weighted by Gasteiger charge is -2.14. The zero-order chi connectivity index (χ0) is 10.2. The van der Waals surface area contributed by atoms with Gasteiger partial charge in [-0.2, -0.15) is 0 Å². The normalized spacial score (nSPS) is 13.0. The van der Waals surface area contributed by atoms with Crippen LogP contribution < -0.4 is 0 Å². The molecule has 0 bridgehead atoms. The topological polar surface area (TPSA) is 40.5 Å². The van der Waals surface area contributed by atoms with E-state index in [-0.39, 0.29) is 5.75 Å². The van der Waals surface area contributed by atoms with Crippen molar-refractivity contribution in [2.24, 2.45) is 0 Å². The summed E-state index contributed by atoms with van der Waals surface area (Å²) in [5, 5.41) is 19.2. The molecule has 0 saturated heterocycles. The molecular weight excluding hydrogens is 188 g/mol. The highest BCUT2D eigenvalue weighted by molar-refractivity contribution is 6.32. The van der Waals surface area contributed by atoms with E-state index in [9.17, 15) is 10.2 Å². The number of hydrogen-bond donors (Lipinski definition) is 2. The number of rotatable bonds is 1. The summed E-state index contributed by atoms with van der Waals surface area (Å²) in [5.41, 5.74) is 2.39. The molecule has 1 rings (SSSR count). The Morgan fingerprint density at radius 1 is 1.38 bits per heavy atom. The number of aryl methyl sites for hydroxylation is 1. The minimum Gasteiger partial charge on any atom is -0.506 e. The van der Waals surface area contributed by atoms with Gasteiger partial charge in [0, 0.05) is 0 Å². The lowest BCUT2D eigenvalue weighted by Crippen LogP contribution is -1.99. The van der Waals surface area contributed by atoms with Crippen molar-refractivity contribution in [3.63, 3.8) is 0 Å². The van der Waals surface area contributed by atoms with Gasteiger partial charge in [0.1, 0.15) is 5.75 Å². The van der Waals surface area contributed by atoms with E-state index >= 15 is 0 Å². The highest BCUT2D eigenvalue weighted by atomic mass is 35.5. The fraction of sp³-hybridized carbons (Fsp3) is 0.400. The van der Waals surface area contributed by atoms with Gasteiger partial charge in [-0.1, -0.05) is 11.6 Å². The lowest BCUT2D eigenvalue weighted by molar-refractivity contribution is 0.197. The first kappa shape index (κ1) is 10.4. The van der Waals surface area contributed by atoms with Crippen LogP contribution in [0.1, 0.15) is 29.7 Å². The summed E-state index contributed by atoms with van der Waals surface area (Å²) in [6.45, 7) is 5.31. The first-order chi connectivity index (χ1) is 5.95. The Hall–Kier alpha value is -0.730. The second-order valence-electron chi connectivity index (χ2n) is 3.24. The summed E-state index contributed by atoms with van der Waals surface area (Å²) >= 11 is 5.84. The largest absolute Gasteiger partial charge is 0.506 e. The van der Waals surface area contributed by atoms with Gasteiger partial charge in [-0.05, 0) is 43.5 Å². The number of aromatic hydroxyl groups is 1. The van der Waals surface area contributed by atoms with Crippen LogP contribution in [0.5, 0.6) is 5.75 Å². The molecule has 1 aromatic rings. The van der Waals surface area contributed by atoms with Crippen LogP contribution in [0.15, 0.2) is 6.07 Å². The molecule has 0 amide bonds. The van der Waals surface area contributed by atoms with Gasteiger partial charge in [0.05, 0.1) is 11.1 Å². The fourth-order valence-corrected chi connectivity index (χ4v) is 1.75. The van der Waals surface area contributed by atoms with E-state index in [1.54, 1.807) is 19.9 Å². The van der Waals surface area contributed by atoms with Gasteiger partial charge in [0.2, 0.25) is 0 Å². The molecule has 1 unspecified atom stereocenters. The Morgan fingerprint density at radius 3 is 2.38 bits per heavy atom. The first-order valence-corrected chi connectivity index (χ1v) is 4.49. The molecule has 0 fully saturated rings. The van der Waals surface area contributed by atoms with Crippen molar-refractivity contribution >= 4 is 11.6 Å². The average molecular weight is 201 g/mol. The van der Waals surface area contributed by atoms with Gasteiger partial charge >= 0.3 is 0 Å². The van der Waals surface area contributed by atoms with E-state index in [1.165, 1.54) is 0 Å². The van der Waals surface area contributed by atoms with Crippen LogP contribution in [0.25, 0.3) is 0 Å². The van der Waals surface area contributed by atoms with E-state index in [0.717, 1.165) is 16.7 Å². The van der Waals surface area contributed by atoms with Gasteiger partial charge in [-0.25, -0.2) is 0 Å². The fourth-order valence-electron chi connectivity index (χ4n) is 1.60. The summed E-state index contributed by atoms with van der Waals surface area (Å²) in [4.78, 5) is 0. The van der Waals surface area contributed by atoms with Gasteiger partial charge < -0.3 is 10.2 Å². The molecule has 13 heavy (non-hydrogen) atoms. The summed E-state index contributed by atoms with van der Waals surface area (Å²) < 4.78 is 0. The summed E-state index contributed by atoms with van der Waals surface area (Å²) in [5.74, 6) is 0.0704. The molecule has 0 saturated carbocycles. The maximum atomic E-state index is 9.46. The second-order valence-corrected chi connectivity index (χ2v) is 3.62. The zero-order valence-electron chi connectivity index (χ0n) is 7.93. The van der Waals surface area contributed by atoms with Crippen LogP contribution >= 0.6 is 11.6 Å². The van der Waals surface area contributed by atoms with Crippen molar-refractivity contribution in [3.05, 3.63) is 27.8 Å². The van der Waals surface area contributed by atoms with Crippen molar-refractivity contribution in [1.29, 1.82) is 0 Å². The third-order valence-corrected chi connectivity index (χ3v) is 2.63. The van der Waals surface area contributed by atoms with Gasteiger partial charge in [0.15, 0.2) is 0 Å². The quantitative estimate of drug-likeness (QED) is 0.732. The second kappa shape index (κ2) is 3.56. The molecule has 0 radical (unpaired) electrons. The SMILES string of the molecule is Cc1cc(O)c(Cl)c(C)c1C(C)O. The average Bonchev–Trinajstić information content (AvgIpc) is 1.99. The Kier molecular flexibility index (Phi) is 2.84. The standard InChI is InChI=1S/C10H13ClO2/c1-5-4-8(13)10(11)6(2)9(5)7(3)12/h4,7,12-13H,1-3H3. The molecule has 2 nitrogen and oxygen atoms in total. The smallest absolute Gasteiger partial charge is 0.134 e. The molecule has 0 aliphatic carbocycles. The first-order valence-electron chi connectivity index (χ1n) is 4.11. The van der Waals surface area contributed by atoms with Crippen molar-refractivity contribution in [2.45, 2.75) is 26.9 Å².